The molecule has 0 saturated carbocycles. The number of hydrogen-bond acceptors (Lipinski definition) is 2. The van der Waals surface area contributed by atoms with E-state index in [1.807, 2.05) is 0 Å². The second-order valence-corrected chi connectivity index (χ2v) is 5.70. The molecule has 112 valence electrons. The Bertz CT molecular complexity index is 576. The van der Waals surface area contributed by atoms with Crippen LogP contribution in [0.25, 0.3) is 0 Å². The molecule has 21 heavy (non-hydrogen) atoms. The predicted molar refractivity (Wildman–Crippen MR) is 85.7 cm³/mol. The number of fused-ring (bicyclic) bond motifs is 1. The quantitative estimate of drug-likeness (QED) is 0.821. The van der Waals surface area contributed by atoms with Crippen molar-refractivity contribution >= 4 is 0 Å². The molecule has 0 saturated heterocycles. The van der Waals surface area contributed by atoms with Crippen LogP contribution in [-0.2, 0) is 13.1 Å². The van der Waals surface area contributed by atoms with Gasteiger partial charge in [0.15, 0.2) is 0 Å². The highest BCUT2D eigenvalue weighted by atomic mass is 16.5. The van der Waals surface area contributed by atoms with Crippen LogP contribution in [0, 0.1) is 0 Å². The highest BCUT2D eigenvalue weighted by Gasteiger charge is 2.21. The largest absolute Gasteiger partial charge is 0.493 e. The van der Waals surface area contributed by atoms with Gasteiger partial charge in [-0.1, -0.05) is 25.1 Å². The molecule has 0 radical (unpaired) electrons. The smallest absolute Gasteiger partial charge is 0.122 e. The topological polar surface area (TPSA) is 26.2 Å². The standard InChI is InChI=1S/C18H24N2O/c1-2-10-19-13-16-6-5-11-20(16)14-15-9-12-21-18-8-4-3-7-17(15)18/h3-8,11,15,19H,2,9-10,12-14H2,1H3. The molecule has 0 fully saturated rings. The van der Waals surface area contributed by atoms with Crippen LogP contribution in [0.1, 0.15) is 36.9 Å². The van der Waals surface area contributed by atoms with Crippen molar-refractivity contribution in [1.29, 1.82) is 0 Å². The summed E-state index contributed by atoms with van der Waals surface area (Å²) in [4.78, 5) is 0. The molecule has 1 N–H and O–H groups in total. The number of para-hydroxylation sites is 1. The zero-order chi connectivity index (χ0) is 14.5. The van der Waals surface area contributed by atoms with Gasteiger partial charge >= 0.3 is 0 Å². The Balaban J connectivity index is 1.72. The van der Waals surface area contributed by atoms with Crippen LogP contribution in [0.2, 0.25) is 0 Å². The van der Waals surface area contributed by atoms with Crippen molar-refractivity contribution in [1.82, 2.24) is 9.88 Å². The molecular formula is C18H24N2O. The first kappa shape index (κ1) is 14.2. The highest BCUT2D eigenvalue weighted by molar-refractivity contribution is 5.37. The van der Waals surface area contributed by atoms with Crippen LogP contribution in [0.5, 0.6) is 5.75 Å². The zero-order valence-corrected chi connectivity index (χ0v) is 12.7. The average Bonchev–Trinajstić information content (AvgIpc) is 2.95. The van der Waals surface area contributed by atoms with Crippen molar-refractivity contribution in [2.75, 3.05) is 13.2 Å². The maximum atomic E-state index is 5.76. The van der Waals surface area contributed by atoms with E-state index in [0.717, 1.165) is 38.4 Å². The Hall–Kier alpha value is -1.74. The Labute approximate surface area is 126 Å². The van der Waals surface area contributed by atoms with Crippen molar-refractivity contribution in [2.24, 2.45) is 0 Å². The van der Waals surface area contributed by atoms with Crippen molar-refractivity contribution in [3.8, 4) is 5.75 Å². The number of aromatic nitrogens is 1. The normalized spacial score (nSPS) is 17.3. The van der Waals surface area contributed by atoms with Crippen LogP contribution in [-0.4, -0.2) is 17.7 Å². The van der Waals surface area contributed by atoms with Crippen molar-refractivity contribution in [2.45, 2.75) is 38.8 Å². The Morgan fingerprint density at radius 3 is 3.05 bits per heavy atom. The number of rotatable bonds is 6. The van der Waals surface area contributed by atoms with Gasteiger partial charge in [-0.05, 0) is 43.1 Å². The fourth-order valence-corrected chi connectivity index (χ4v) is 3.02. The average molecular weight is 284 g/mol. The first-order valence-corrected chi connectivity index (χ1v) is 7.95. The van der Waals surface area contributed by atoms with Crippen molar-refractivity contribution in [3.05, 3.63) is 53.9 Å². The SMILES string of the molecule is CCCNCc1cccn1CC1CCOc2ccccc21. The van der Waals surface area contributed by atoms with Gasteiger partial charge in [-0.25, -0.2) is 0 Å². The third-order valence-corrected chi connectivity index (χ3v) is 4.16. The van der Waals surface area contributed by atoms with E-state index >= 15 is 0 Å². The molecule has 3 heteroatoms. The lowest BCUT2D eigenvalue weighted by Crippen LogP contribution is -2.21. The fourth-order valence-electron chi connectivity index (χ4n) is 3.02. The van der Waals surface area contributed by atoms with Gasteiger partial charge in [-0.3, -0.25) is 0 Å². The second kappa shape index (κ2) is 6.81. The van der Waals surface area contributed by atoms with Gasteiger partial charge in [0.05, 0.1) is 6.61 Å². The summed E-state index contributed by atoms with van der Waals surface area (Å²) in [5.41, 5.74) is 2.72. The summed E-state index contributed by atoms with van der Waals surface area (Å²) in [6.07, 6.45) is 4.46. The highest BCUT2D eigenvalue weighted by Crippen LogP contribution is 2.34. The molecule has 0 aliphatic carbocycles. The summed E-state index contributed by atoms with van der Waals surface area (Å²) < 4.78 is 8.15. The molecule has 1 aliphatic heterocycles. The number of hydrogen-bond donors (Lipinski definition) is 1. The lowest BCUT2D eigenvalue weighted by molar-refractivity contribution is 0.258. The monoisotopic (exact) mass is 284 g/mol. The molecule has 0 spiro atoms. The predicted octanol–water partition coefficient (Wildman–Crippen LogP) is 3.55. The van der Waals surface area contributed by atoms with E-state index in [2.05, 4.69) is 59.4 Å². The molecule has 1 atom stereocenters. The van der Waals surface area contributed by atoms with Crippen molar-refractivity contribution < 1.29 is 4.74 Å². The summed E-state index contributed by atoms with van der Waals surface area (Å²) >= 11 is 0. The van der Waals surface area contributed by atoms with Gasteiger partial charge in [-0.2, -0.15) is 0 Å². The third-order valence-electron chi connectivity index (χ3n) is 4.16. The summed E-state index contributed by atoms with van der Waals surface area (Å²) in [6, 6.07) is 12.8. The van der Waals surface area contributed by atoms with Gasteiger partial charge in [0, 0.05) is 30.9 Å². The minimum absolute atomic E-state index is 0.548. The molecule has 1 aromatic carbocycles. The Morgan fingerprint density at radius 1 is 1.24 bits per heavy atom. The van der Waals surface area contributed by atoms with E-state index in [0.29, 0.717) is 5.92 Å². The molecular weight excluding hydrogens is 260 g/mol. The zero-order valence-electron chi connectivity index (χ0n) is 12.7. The Morgan fingerprint density at radius 2 is 2.14 bits per heavy atom. The summed E-state index contributed by atoms with van der Waals surface area (Å²) in [6.45, 7) is 6.09. The number of nitrogens with zero attached hydrogens (tertiary/aromatic N) is 1. The Kier molecular flexibility index (Phi) is 4.61. The molecule has 3 rings (SSSR count). The minimum Gasteiger partial charge on any atom is -0.493 e. The maximum Gasteiger partial charge on any atom is 0.122 e. The van der Waals surface area contributed by atoms with Crippen LogP contribution >= 0.6 is 0 Å². The van der Waals surface area contributed by atoms with Crippen LogP contribution in [0.15, 0.2) is 42.6 Å². The maximum absolute atomic E-state index is 5.76. The molecule has 2 heterocycles. The van der Waals surface area contributed by atoms with Crippen molar-refractivity contribution in [3.63, 3.8) is 0 Å². The second-order valence-electron chi connectivity index (χ2n) is 5.70. The first-order valence-electron chi connectivity index (χ1n) is 7.95. The lowest BCUT2D eigenvalue weighted by Gasteiger charge is -2.27. The summed E-state index contributed by atoms with van der Waals surface area (Å²) in [5.74, 6) is 1.61. The molecule has 1 aromatic heterocycles. The molecule has 1 aliphatic rings. The molecule has 0 bridgehead atoms. The molecule has 0 amide bonds. The first-order chi connectivity index (χ1) is 10.4. The van der Waals surface area contributed by atoms with E-state index in [4.69, 9.17) is 4.74 Å². The molecule has 1 unspecified atom stereocenters. The fraction of sp³-hybridized carbons (Fsp3) is 0.444. The van der Waals surface area contributed by atoms with Gasteiger partial charge in [0.2, 0.25) is 0 Å². The van der Waals surface area contributed by atoms with Gasteiger partial charge in [0.25, 0.3) is 0 Å². The van der Waals surface area contributed by atoms with Crippen LogP contribution in [0.4, 0.5) is 0 Å². The molecule has 2 aromatic rings. The van der Waals surface area contributed by atoms with E-state index in [-0.39, 0.29) is 0 Å². The van der Waals surface area contributed by atoms with Gasteiger partial charge in [-0.15, -0.1) is 0 Å². The van der Waals surface area contributed by atoms with Gasteiger partial charge in [0.1, 0.15) is 5.75 Å². The van der Waals surface area contributed by atoms with Gasteiger partial charge < -0.3 is 14.6 Å². The van der Waals surface area contributed by atoms with E-state index < -0.39 is 0 Å². The van der Waals surface area contributed by atoms with Crippen LogP contribution in [0.3, 0.4) is 0 Å². The molecule has 3 nitrogen and oxygen atoms in total. The summed E-state index contributed by atoms with van der Waals surface area (Å²) in [5, 5.41) is 3.49. The minimum atomic E-state index is 0.548. The number of nitrogens with one attached hydrogen (secondary N) is 1. The van der Waals surface area contributed by atoms with E-state index in [1.165, 1.54) is 17.7 Å². The van der Waals surface area contributed by atoms with E-state index in [9.17, 15) is 0 Å². The summed E-state index contributed by atoms with van der Waals surface area (Å²) in [7, 11) is 0. The third kappa shape index (κ3) is 3.30. The van der Waals surface area contributed by atoms with E-state index in [1.54, 1.807) is 0 Å². The number of benzene rings is 1. The van der Waals surface area contributed by atoms with Crippen LogP contribution < -0.4 is 10.1 Å². The lowest BCUT2D eigenvalue weighted by atomic mass is 9.93. The number of ether oxygens (including phenoxy) is 1.